The van der Waals surface area contributed by atoms with E-state index < -0.39 is 0 Å². The maximum absolute atomic E-state index is 14.3. The number of piperidine rings is 1. The first-order chi connectivity index (χ1) is 12.2. The van der Waals surface area contributed by atoms with Gasteiger partial charge in [-0.3, -0.25) is 4.79 Å². The Morgan fingerprint density at radius 1 is 1.28 bits per heavy atom. The third kappa shape index (κ3) is 3.08. The second kappa shape index (κ2) is 7.04. The van der Waals surface area contributed by atoms with E-state index in [0.717, 1.165) is 30.1 Å². The number of carbonyl (C=O) groups is 1. The van der Waals surface area contributed by atoms with Crippen LogP contribution < -0.4 is 0 Å². The second-order valence-corrected chi connectivity index (χ2v) is 8.35. The van der Waals surface area contributed by atoms with Gasteiger partial charge < -0.3 is 9.64 Å². The number of likely N-dealkylation sites (tertiary alicyclic amines) is 1. The molecule has 1 saturated carbocycles. The molecule has 4 rings (SSSR count). The van der Waals surface area contributed by atoms with Crippen LogP contribution in [0.2, 0.25) is 0 Å². The SMILES string of the molecule is COCc1c(C(=O)N2CC[C@@H]3CCCC[C@@H]3C2)sc2cccc(F)c12. The largest absolute Gasteiger partial charge is 0.380 e. The molecule has 0 spiro atoms. The molecule has 1 aromatic carbocycles. The van der Waals surface area contributed by atoms with E-state index in [2.05, 4.69) is 0 Å². The zero-order valence-electron chi connectivity index (χ0n) is 14.6. The van der Waals surface area contributed by atoms with Crippen molar-refractivity contribution in [2.24, 2.45) is 11.8 Å². The van der Waals surface area contributed by atoms with Gasteiger partial charge in [-0.1, -0.05) is 25.3 Å². The summed E-state index contributed by atoms with van der Waals surface area (Å²) in [5.74, 6) is 1.21. The molecule has 1 amide bonds. The molecule has 0 N–H and O–H groups in total. The molecule has 2 fully saturated rings. The van der Waals surface area contributed by atoms with Gasteiger partial charge in [0.05, 0.1) is 11.5 Å². The number of amides is 1. The summed E-state index contributed by atoms with van der Waals surface area (Å²) in [6.45, 7) is 1.94. The molecule has 1 saturated heterocycles. The van der Waals surface area contributed by atoms with Crippen LogP contribution in [0.1, 0.15) is 47.3 Å². The summed E-state index contributed by atoms with van der Waals surface area (Å²) in [6.07, 6.45) is 6.28. The number of rotatable bonds is 3. The number of fused-ring (bicyclic) bond motifs is 2. The quantitative estimate of drug-likeness (QED) is 0.783. The lowest BCUT2D eigenvalue weighted by molar-refractivity contribution is 0.0522. The molecule has 2 heterocycles. The Morgan fingerprint density at radius 2 is 2.08 bits per heavy atom. The lowest BCUT2D eigenvalue weighted by atomic mass is 9.75. The molecule has 5 heteroatoms. The van der Waals surface area contributed by atoms with Crippen LogP contribution in [-0.2, 0) is 11.3 Å². The van der Waals surface area contributed by atoms with Gasteiger partial charge in [0, 0.05) is 35.8 Å². The van der Waals surface area contributed by atoms with Crippen molar-refractivity contribution in [2.75, 3.05) is 20.2 Å². The maximum Gasteiger partial charge on any atom is 0.264 e. The highest BCUT2D eigenvalue weighted by Crippen LogP contribution is 2.39. The van der Waals surface area contributed by atoms with Gasteiger partial charge in [-0.15, -0.1) is 11.3 Å². The van der Waals surface area contributed by atoms with Gasteiger partial charge in [0.2, 0.25) is 0 Å². The minimum absolute atomic E-state index is 0.0525. The van der Waals surface area contributed by atoms with E-state index in [1.165, 1.54) is 43.1 Å². The van der Waals surface area contributed by atoms with Crippen LogP contribution in [0.25, 0.3) is 10.1 Å². The molecular formula is C20H24FNO2S. The highest BCUT2D eigenvalue weighted by atomic mass is 32.1. The number of halogens is 1. The van der Waals surface area contributed by atoms with Crippen LogP contribution in [-0.4, -0.2) is 31.0 Å². The van der Waals surface area contributed by atoms with E-state index in [0.29, 0.717) is 21.7 Å². The van der Waals surface area contributed by atoms with Gasteiger partial charge in [-0.25, -0.2) is 4.39 Å². The van der Waals surface area contributed by atoms with E-state index in [4.69, 9.17) is 4.74 Å². The fourth-order valence-electron chi connectivity index (χ4n) is 4.55. The van der Waals surface area contributed by atoms with Gasteiger partial charge in [0.25, 0.3) is 5.91 Å². The van der Waals surface area contributed by atoms with E-state index in [1.807, 2.05) is 11.0 Å². The predicted octanol–water partition coefficient (Wildman–Crippen LogP) is 4.84. The molecule has 1 aromatic heterocycles. The van der Waals surface area contributed by atoms with Crippen LogP contribution in [0.15, 0.2) is 18.2 Å². The minimum atomic E-state index is -0.272. The zero-order valence-corrected chi connectivity index (χ0v) is 15.4. The Balaban J connectivity index is 1.65. The first-order valence-corrected chi connectivity index (χ1v) is 9.98. The summed E-state index contributed by atoms with van der Waals surface area (Å²) in [6, 6.07) is 5.04. The van der Waals surface area contributed by atoms with Gasteiger partial charge >= 0.3 is 0 Å². The van der Waals surface area contributed by atoms with Crippen molar-refractivity contribution in [1.82, 2.24) is 4.90 Å². The summed E-state index contributed by atoms with van der Waals surface area (Å²) in [4.78, 5) is 15.9. The number of nitrogens with zero attached hydrogens (tertiary/aromatic N) is 1. The number of hydrogen-bond acceptors (Lipinski definition) is 3. The van der Waals surface area contributed by atoms with Gasteiger partial charge in [0.1, 0.15) is 5.82 Å². The van der Waals surface area contributed by atoms with Gasteiger partial charge in [-0.2, -0.15) is 0 Å². The molecule has 0 bridgehead atoms. The Bertz CT molecular complexity index is 787. The van der Waals surface area contributed by atoms with E-state index in [9.17, 15) is 9.18 Å². The molecule has 1 aliphatic heterocycles. The molecular weight excluding hydrogens is 337 g/mol. The maximum atomic E-state index is 14.3. The Hall–Kier alpha value is -1.46. The van der Waals surface area contributed by atoms with Crippen molar-refractivity contribution in [3.05, 3.63) is 34.5 Å². The molecule has 0 radical (unpaired) electrons. The normalized spacial score (nSPS) is 23.7. The van der Waals surface area contributed by atoms with Crippen LogP contribution >= 0.6 is 11.3 Å². The van der Waals surface area contributed by atoms with Crippen molar-refractivity contribution in [3.8, 4) is 0 Å². The fraction of sp³-hybridized carbons (Fsp3) is 0.550. The fourth-order valence-corrected chi connectivity index (χ4v) is 5.74. The smallest absolute Gasteiger partial charge is 0.264 e. The van der Waals surface area contributed by atoms with E-state index in [-0.39, 0.29) is 18.3 Å². The molecule has 25 heavy (non-hydrogen) atoms. The standard InChI is InChI=1S/C20H24FNO2S/c1-24-12-15-18-16(21)7-4-8-17(18)25-19(15)20(23)22-10-9-13-5-2-3-6-14(13)11-22/h4,7-8,13-14H,2-3,5-6,9-12H2,1H3/t13-,14+/m0/s1. The predicted molar refractivity (Wildman–Crippen MR) is 98.5 cm³/mol. The van der Waals surface area contributed by atoms with E-state index >= 15 is 0 Å². The van der Waals surface area contributed by atoms with Crippen molar-refractivity contribution < 1.29 is 13.9 Å². The number of hydrogen-bond donors (Lipinski definition) is 0. The lowest BCUT2D eigenvalue weighted by Crippen LogP contribution is -2.44. The Kier molecular flexibility index (Phi) is 4.78. The van der Waals surface area contributed by atoms with Crippen molar-refractivity contribution in [1.29, 1.82) is 0 Å². The summed E-state index contributed by atoms with van der Waals surface area (Å²) >= 11 is 1.40. The number of benzene rings is 1. The van der Waals surface area contributed by atoms with Crippen molar-refractivity contribution >= 4 is 27.3 Å². The van der Waals surface area contributed by atoms with Crippen molar-refractivity contribution in [2.45, 2.75) is 38.7 Å². The monoisotopic (exact) mass is 361 g/mol. The molecule has 134 valence electrons. The molecule has 2 atom stereocenters. The topological polar surface area (TPSA) is 29.5 Å². The third-order valence-corrected chi connectivity index (χ3v) is 7.01. The summed E-state index contributed by atoms with van der Waals surface area (Å²) in [5.41, 5.74) is 0.705. The van der Waals surface area contributed by atoms with Crippen molar-refractivity contribution in [3.63, 3.8) is 0 Å². The first-order valence-electron chi connectivity index (χ1n) is 9.17. The highest BCUT2D eigenvalue weighted by Gasteiger charge is 2.34. The van der Waals surface area contributed by atoms with Gasteiger partial charge in [0.15, 0.2) is 0 Å². The number of carbonyl (C=O) groups excluding carboxylic acids is 1. The average Bonchev–Trinajstić information content (AvgIpc) is 3.01. The molecule has 1 aliphatic carbocycles. The van der Waals surface area contributed by atoms with Crippen LogP contribution in [0.4, 0.5) is 4.39 Å². The van der Waals surface area contributed by atoms with Crippen LogP contribution in [0.3, 0.4) is 0 Å². The number of thiophene rings is 1. The average molecular weight is 361 g/mol. The molecule has 2 aliphatic rings. The minimum Gasteiger partial charge on any atom is -0.380 e. The van der Waals surface area contributed by atoms with Crippen LogP contribution in [0.5, 0.6) is 0 Å². The zero-order chi connectivity index (χ0) is 17.4. The summed E-state index contributed by atoms with van der Waals surface area (Å²) in [7, 11) is 1.59. The number of methoxy groups -OCH3 is 1. The Labute approximate surface area is 151 Å². The van der Waals surface area contributed by atoms with E-state index in [1.54, 1.807) is 13.2 Å². The lowest BCUT2D eigenvalue weighted by Gasteiger charge is -2.41. The molecule has 0 unspecified atom stereocenters. The second-order valence-electron chi connectivity index (χ2n) is 7.30. The van der Waals surface area contributed by atoms with Crippen LogP contribution in [0, 0.1) is 17.7 Å². The first kappa shape index (κ1) is 17.0. The Morgan fingerprint density at radius 3 is 2.88 bits per heavy atom. The molecule has 2 aromatic rings. The van der Waals surface area contributed by atoms with Gasteiger partial charge in [-0.05, 0) is 36.8 Å². The molecule has 3 nitrogen and oxygen atoms in total. The number of ether oxygens (including phenoxy) is 1. The summed E-state index contributed by atoms with van der Waals surface area (Å²) < 4.78 is 20.4. The third-order valence-electron chi connectivity index (χ3n) is 5.82. The summed E-state index contributed by atoms with van der Waals surface area (Å²) in [5, 5.41) is 0.547. The highest BCUT2D eigenvalue weighted by molar-refractivity contribution is 7.21.